The monoisotopic (exact) mass is 316 g/mol. The molecule has 2 heterocycles. The lowest BCUT2D eigenvalue weighted by Gasteiger charge is -2.06. The fourth-order valence-corrected chi connectivity index (χ4v) is 2.11. The van der Waals surface area contributed by atoms with E-state index in [0.717, 1.165) is 17.8 Å². The molecule has 2 aromatic rings. The minimum atomic E-state index is -4.45. The van der Waals surface area contributed by atoms with E-state index in [9.17, 15) is 23.3 Å². The minimum absolute atomic E-state index is 0.267. The topological polar surface area (TPSA) is 94.9 Å². The van der Waals surface area contributed by atoms with Gasteiger partial charge in [-0.15, -0.1) is 0 Å². The molecule has 0 aliphatic heterocycles. The van der Waals surface area contributed by atoms with Crippen molar-refractivity contribution in [2.24, 2.45) is 0 Å². The van der Waals surface area contributed by atoms with Gasteiger partial charge in [0.2, 0.25) is 5.82 Å². The fourth-order valence-electron chi connectivity index (χ4n) is 1.38. The summed E-state index contributed by atoms with van der Waals surface area (Å²) in [4.78, 5) is 17.4. The van der Waals surface area contributed by atoms with Crippen LogP contribution in [0.5, 0.6) is 0 Å². The van der Waals surface area contributed by atoms with E-state index in [-0.39, 0.29) is 16.5 Å². The highest BCUT2D eigenvalue weighted by molar-refractivity contribution is 7.99. The Kier molecular flexibility index (Phi) is 3.98. The first kappa shape index (κ1) is 15.0. The van der Waals surface area contributed by atoms with Crippen molar-refractivity contribution in [2.45, 2.75) is 16.2 Å². The zero-order valence-corrected chi connectivity index (χ0v) is 11.0. The summed E-state index contributed by atoms with van der Waals surface area (Å²) >= 11 is 0.949. The molecular formula is C11H7F3N4O2S. The Hall–Kier alpha value is -2.36. The Morgan fingerprint density at radius 1 is 1.19 bits per heavy atom. The molecule has 2 rings (SSSR count). The molecule has 0 saturated heterocycles. The Labute approximate surface area is 120 Å². The number of nitrogens with two attached hydrogens (primary N) is 1. The van der Waals surface area contributed by atoms with Crippen LogP contribution in [-0.2, 0) is 6.18 Å². The number of aromatic nitrogens is 2. The van der Waals surface area contributed by atoms with E-state index >= 15 is 0 Å². The quantitative estimate of drug-likeness (QED) is 0.690. The predicted molar refractivity (Wildman–Crippen MR) is 68.7 cm³/mol. The SMILES string of the molecule is Nc1nc(Sc2ccc(C(F)(F)F)cn2)ccc1[N+](=O)[O-]. The van der Waals surface area contributed by atoms with Gasteiger partial charge in [0.25, 0.3) is 0 Å². The number of halogens is 3. The molecule has 0 aliphatic rings. The lowest BCUT2D eigenvalue weighted by molar-refractivity contribution is -0.384. The Morgan fingerprint density at radius 2 is 1.86 bits per heavy atom. The summed E-state index contributed by atoms with van der Waals surface area (Å²) in [6.07, 6.45) is -3.75. The Balaban J connectivity index is 2.19. The molecule has 0 saturated carbocycles. The molecule has 2 aromatic heterocycles. The molecule has 110 valence electrons. The van der Waals surface area contributed by atoms with Crippen LogP contribution in [0.3, 0.4) is 0 Å². The second-order valence-corrected chi connectivity index (χ2v) is 4.84. The van der Waals surface area contributed by atoms with Gasteiger partial charge >= 0.3 is 11.9 Å². The number of alkyl halides is 3. The summed E-state index contributed by atoms with van der Waals surface area (Å²) in [6, 6.07) is 4.60. The van der Waals surface area contributed by atoms with Crippen molar-refractivity contribution >= 4 is 23.3 Å². The number of nitrogens with zero attached hydrogens (tertiary/aromatic N) is 3. The third kappa shape index (κ3) is 3.60. The molecule has 0 bridgehead atoms. The third-order valence-corrected chi connectivity index (χ3v) is 3.23. The number of hydrogen-bond donors (Lipinski definition) is 1. The summed E-state index contributed by atoms with van der Waals surface area (Å²) in [5.74, 6) is -0.267. The molecule has 2 N–H and O–H groups in total. The predicted octanol–water partition coefficient (Wildman–Crippen LogP) is 3.14. The standard InChI is InChI=1S/C11H7F3N4O2S/c12-11(13,14)6-1-3-8(16-5-6)21-9-4-2-7(18(19)20)10(15)17-9/h1-5H,(H2,15,17). The molecular weight excluding hydrogens is 309 g/mol. The van der Waals surface area contributed by atoms with Crippen LogP contribution >= 0.6 is 11.8 Å². The summed E-state index contributed by atoms with van der Waals surface area (Å²) in [7, 11) is 0. The molecule has 10 heteroatoms. The van der Waals surface area contributed by atoms with Crippen molar-refractivity contribution in [3.05, 3.63) is 46.1 Å². The van der Waals surface area contributed by atoms with Crippen LogP contribution in [0, 0.1) is 10.1 Å². The van der Waals surface area contributed by atoms with Crippen LogP contribution in [0.25, 0.3) is 0 Å². The van der Waals surface area contributed by atoms with E-state index in [2.05, 4.69) is 9.97 Å². The van der Waals surface area contributed by atoms with Crippen LogP contribution in [0.1, 0.15) is 5.56 Å². The maximum absolute atomic E-state index is 12.4. The number of hydrogen-bond acceptors (Lipinski definition) is 6. The highest BCUT2D eigenvalue weighted by atomic mass is 32.2. The summed E-state index contributed by atoms with van der Waals surface area (Å²) in [6.45, 7) is 0. The molecule has 0 amide bonds. The number of rotatable bonds is 3. The minimum Gasteiger partial charge on any atom is -0.378 e. The zero-order chi connectivity index (χ0) is 15.6. The van der Waals surface area contributed by atoms with Crippen molar-refractivity contribution < 1.29 is 18.1 Å². The molecule has 0 aliphatic carbocycles. The Morgan fingerprint density at radius 3 is 2.33 bits per heavy atom. The van der Waals surface area contributed by atoms with Gasteiger partial charge in [0.15, 0.2) is 0 Å². The largest absolute Gasteiger partial charge is 0.417 e. The number of nitro groups is 1. The van der Waals surface area contributed by atoms with Crippen LogP contribution < -0.4 is 5.73 Å². The van der Waals surface area contributed by atoms with Crippen molar-refractivity contribution in [3.8, 4) is 0 Å². The van der Waals surface area contributed by atoms with Crippen LogP contribution in [-0.4, -0.2) is 14.9 Å². The van der Waals surface area contributed by atoms with Crippen LogP contribution in [0.4, 0.5) is 24.7 Å². The van der Waals surface area contributed by atoms with E-state index < -0.39 is 16.7 Å². The first-order chi connectivity index (χ1) is 9.77. The molecule has 21 heavy (non-hydrogen) atoms. The highest BCUT2D eigenvalue weighted by Crippen LogP contribution is 2.32. The van der Waals surface area contributed by atoms with Crippen LogP contribution in [0.15, 0.2) is 40.5 Å². The second-order valence-electron chi connectivity index (χ2n) is 3.80. The van der Waals surface area contributed by atoms with Gasteiger partial charge < -0.3 is 5.73 Å². The maximum Gasteiger partial charge on any atom is 0.417 e. The number of nitrogen functional groups attached to an aromatic ring is 1. The third-order valence-electron chi connectivity index (χ3n) is 2.35. The van der Waals surface area contributed by atoms with E-state index in [1.54, 1.807) is 0 Å². The Bertz CT molecular complexity index is 676. The van der Waals surface area contributed by atoms with Crippen molar-refractivity contribution in [2.75, 3.05) is 5.73 Å². The molecule has 0 atom stereocenters. The van der Waals surface area contributed by atoms with Gasteiger partial charge in [-0.3, -0.25) is 10.1 Å². The van der Waals surface area contributed by atoms with Gasteiger partial charge in [0.05, 0.1) is 10.5 Å². The van der Waals surface area contributed by atoms with Gasteiger partial charge in [0, 0.05) is 12.3 Å². The number of pyridine rings is 2. The average Bonchev–Trinajstić information content (AvgIpc) is 2.38. The van der Waals surface area contributed by atoms with Crippen molar-refractivity contribution in [1.29, 1.82) is 0 Å². The molecule has 0 radical (unpaired) electrons. The number of anilines is 1. The highest BCUT2D eigenvalue weighted by Gasteiger charge is 2.30. The van der Waals surface area contributed by atoms with Crippen LogP contribution in [0.2, 0.25) is 0 Å². The average molecular weight is 316 g/mol. The fraction of sp³-hybridized carbons (Fsp3) is 0.0909. The lowest BCUT2D eigenvalue weighted by Crippen LogP contribution is -2.05. The van der Waals surface area contributed by atoms with E-state index in [0.29, 0.717) is 11.2 Å². The molecule has 0 fully saturated rings. The smallest absolute Gasteiger partial charge is 0.378 e. The first-order valence-electron chi connectivity index (χ1n) is 5.39. The maximum atomic E-state index is 12.4. The van der Waals surface area contributed by atoms with Crippen molar-refractivity contribution in [3.63, 3.8) is 0 Å². The summed E-state index contributed by atoms with van der Waals surface area (Å²) in [5.41, 5.74) is 4.23. The molecule has 6 nitrogen and oxygen atoms in total. The van der Waals surface area contributed by atoms with Gasteiger partial charge in [0.1, 0.15) is 10.1 Å². The van der Waals surface area contributed by atoms with Gasteiger partial charge in [-0.25, -0.2) is 9.97 Å². The summed E-state index contributed by atoms with van der Waals surface area (Å²) in [5, 5.41) is 11.1. The molecule has 0 aromatic carbocycles. The zero-order valence-electron chi connectivity index (χ0n) is 10.2. The van der Waals surface area contributed by atoms with Gasteiger partial charge in [-0.05, 0) is 18.2 Å². The van der Waals surface area contributed by atoms with Crippen molar-refractivity contribution in [1.82, 2.24) is 9.97 Å². The molecule has 0 spiro atoms. The van der Waals surface area contributed by atoms with Gasteiger partial charge in [-0.2, -0.15) is 13.2 Å². The lowest BCUT2D eigenvalue weighted by atomic mass is 10.3. The first-order valence-corrected chi connectivity index (χ1v) is 6.21. The molecule has 0 unspecified atom stereocenters. The van der Waals surface area contributed by atoms with E-state index in [1.807, 2.05) is 0 Å². The summed E-state index contributed by atoms with van der Waals surface area (Å²) < 4.78 is 37.1. The van der Waals surface area contributed by atoms with E-state index in [4.69, 9.17) is 5.73 Å². The normalized spacial score (nSPS) is 11.4. The van der Waals surface area contributed by atoms with Gasteiger partial charge in [-0.1, -0.05) is 11.8 Å². The van der Waals surface area contributed by atoms with E-state index in [1.165, 1.54) is 18.2 Å². The second kappa shape index (κ2) is 5.56.